The molecule has 2 amide bonds. The molecule has 8 nitrogen and oxygen atoms in total. The summed E-state index contributed by atoms with van der Waals surface area (Å²) in [6.07, 6.45) is 0. The zero-order valence-electron chi connectivity index (χ0n) is 16.5. The lowest BCUT2D eigenvalue weighted by atomic mass is 10.1. The smallest absolute Gasteiger partial charge is 0.325 e. The van der Waals surface area contributed by atoms with Gasteiger partial charge in [0.2, 0.25) is 11.7 Å². The maximum Gasteiger partial charge on any atom is 0.325 e. The average molecular weight is 416 g/mol. The van der Waals surface area contributed by atoms with Crippen LogP contribution in [0.1, 0.15) is 34.6 Å². The maximum atomic E-state index is 14.0. The molecule has 0 aromatic heterocycles. The number of hydrogen-bond donors (Lipinski definition) is 2. The first kappa shape index (κ1) is 22.5. The van der Waals surface area contributed by atoms with Crippen molar-refractivity contribution < 1.29 is 33.0 Å². The summed E-state index contributed by atoms with van der Waals surface area (Å²) in [7, 11) is 0. The fourth-order valence-corrected chi connectivity index (χ4v) is 2.48. The molecular weight excluding hydrogens is 395 g/mol. The van der Waals surface area contributed by atoms with E-state index < -0.39 is 36.6 Å². The van der Waals surface area contributed by atoms with Gasteiger partial charge in [0.1, 0.15) is 18.1 Å². The number of anilines is 1. The van der Waals surface area contributed by atoms with Crippen molar-refractivity contribution in [3.63, 3.8) is 0 Å². The summed E-state index contributed by atoms with van der Waals surface area (Å²) < 4.78 is 24.2. The number of nitrogens with one attached hydrogen (secondary N) is 2. The van der Waals surface area contributed by atoms with Crippen molar-refractivity contribution in [1.29, 1.82) is 0 Å². The largest absolute Gasteiger partial charge is 0.493 e. The summed E-state index contributed by atoms with van der Waals surface area (Å²) in [6, 6.07) is 10.1. The van der Waals surface area contributed by atoms with Crippen molar-refractivity contribution in [1.82, 2.24) is 5.32 Å². The van der Waals surface area contributed by atoms with E-state index in [0.29, 0.717) is 12.4 Å². The first-order valence-corrected chi connectivity index (χ1v) is 9.07. The second-order valence-corrected chi connectivity index (χ2v) is 6.07. The van der Waals surface area contributed by atoms with Crippen LogP contribution in [0.15, 0.2) is 42.5 Å². The van der Waals surface area contributed by atoms with Crippen molar-refractivity contribution in [2.75, 3.05) is 25.1 Å². The summed E-state index contributed by atoms with van der Waals surface area (Å²) in [4.78, 5) is 47.1. The van der Waals surface area contributed by atoms with Gasteiger partial charge in [-0.2, -0.15) is 0 Å². The van der Waals surface area contributed by atoms with Crippen LogP contribution in [-0.2, 0) is 14.3 Å². The van der Waals surface area contributed by atoms with Gasteiger partial charge in [0, 0.05) is 12.6 Å². The minimum Gasteiger partial charge on any atom is -0.493 e. The molecule has 0 radical (unpaired) electrons. The molecule has 0 fully saturated rings. The summed E-state index contributed by atoms with van der Waals surface area (Å²) in [6.45, 7) is 2.25. The summed E-state index contributed by atoms with van der Waals surface area (Å²) >= 11 is 0. The van der Waals surface area contributed by atoms with E-state index in [-0.39, 0.29) is 22.7 Å². The second-order valence-electron chi connectivity index (χ2n) is 6.07. The standard InChI is InChI=1S/C21H21FN2O6/c1-3-29-19-7-5-4-6-16(19)21(28)23-11-20(27)30-12-18(26)15-9-8-14(10-17(15)22)24-13(2)25/h4-10H,3,11-12H2,1-2H3,(H,23,28)(H,24,25). The Morgan fingerprint density at radius 2 is 1.77 bits per heavy atom. The normalized spacial score (nSPS) is 10.1. The zero-order valence-corrected chi connectivity index (χ0v) is 16.5. The third-order valence-corrected chi connectivity index (χ3v) is 3.78. The number of ketones is 1. The lowest BCUT2D eigenvalue weighted by molar-refractivity contribution is -0.141. The predicted octanol–water partition coefficient (Wildman–Crippen LogP) is 2.34. The number of rotatable bonds is 9. The van der Waals surface area contributed by atoms with E-state index in [9.17, 15) is 23.6 Å². The lowest BCUT2D eigenvalue weighted by Crippen LogP contribution is -2.31. The summed E-state index contributed by atoms with van der Waals surface area (Å²) in [5.74, 6) is -3.03. The van der Waals surface area contributed by atoms with Crippen molar-refractivity contribution in [3.05, 3.63) is 59.4 Å². The monoisotopic (exact) mass is 416 g/mol. The van der Waals surface area contributed by atoms with E-state index >= 15 is 0 Å². The molecule has 2 N–H and O–H groups in total. The van der Waals surface area contributed by atoms with Crippen molar-refractivity contribution >= 4 is 29.3 Å². The first-order valence-electron chi connectivity index (χ1n) is 9.07. The minimum atomic E-state index is -0.860. The number of ether oxygens (including phenoxy) is 2. The Hall–Kier alpha value is -3.75. The molecule has 2 aromatic carbocycles. The minimum absolute atomic E-state index is 0.198. The summed E-state index contributed by atoms with van der Waals surface area (Å²) in [5, 5.41) is 4.77. The van der Waals surface area contributed by atoms with Crippen LogP contribution in [-0.4, -0.2) is 43.3 Å². The van der Waals surface area contributed by atoms with Crippen LogP contribution in [0.5, 0.6) is 5.75 Å². The van der Waals surface area contributed by atoms with Crippen LogP contribution >= 0.6 is 0 Å². The SMILES string of the molecule is CCOc1ccccc1C(=O)NCC(=O)OCC(=O)c1ccc(NC(C)=O)cc1F. The highest BCUT2D eigenvalue weighted by Gasteiger charge is 2.17. The van der Waals surface area contributed by atoms with Gasteiger partial charge in [-0.05, 0) is 37.3 Å². The molecular formula is C21H21FN2O6. The quantitative estimate of drug-likeness (QED) is 0.480. The van der Waals surface area contributed by atoms with Crippen molar-refractivity contribution in [2.24, 2.45) is 0 Å². The van der Waals surface area contributed by atoms with Crippen LogP contribution < -0.4 is 15.4 Å². The van der Waals surface area contributed by atoms with Gasteiger partial charge in [-0.25, -0.2) is 4.39 Å². The Kier molecular flexibility index (Phi) is 8.04. The van der Waals surface area contributed by atoms with Crippen molar-refractivity contribution in [2.45, 2.75) is 13.8 Å². The maximum absolute atomic E-state index is 14.0. The molecule has 0 atom stereocenters. The molecule has 0 spiro atoms. The number of hydrogen-bond acceptors (Lipinski definition) is 6. The van der Waals surface area contributed by atoms with Gasteiger partial charge in [0.05, 0.1) is 17.7 Å². The van der Waals surface area contributed by atoms with Gasteiger partial charge in [0.15, 0.2) is 6.61 Å². The first-order chi connectivity index (χ1) is 14.3. The topological polar surface area (TPSA) is 111 Å². The highest BCUT2D eigenvalue weighted by atomic mass is 19.1. The molecule has 0 saturated carbocycles. The van der Waals surface area contributed by atoms with Crippen molar-refractivity contribution in [3.8, 4) is 5.75 Å². The third-order valence-electron chi connectivity index (χ3n) is 3.78. The zero-order chi connectivity index (χ0) is 22.1. The number of carbonyl (C=O) groups is 4. The van der Waals surface area contributed by atoms with Crippen LogP contribution in [0.25, 0.3) is 0 Å². The molecule has 0 bridgehead atoms. The molecule has 0 saturated heterocycles. The second kappa shape index (κ2) is 10.7. The average Bonchev–Trinajstić information content (AvgIpc) is 2.70. The molecule has 0 aliphatic heterocycles. The highest BCUT2D eigenvalue weighted by Crippen LogP contribution is 2.18. The molecule has 0 unspecified atom stereocenters. The molecule has 158 valence electrons. The number of halogens is 1. The van der Waals surface area contributed by atoms with E-state index in [0.717, 1.165) is 6.07 Å². The van der Waals surface area contributed by atoms with Gasteiger partial charge < -0.3 is 20.1 Å². The molecule has 0 aliphatic carbocycles. The number of Topliss-reactive ketones (excluding diaryl/α,β-unsaturated/α-hetero) is 1. The molecule has 2 aromatic rings. The Balaban J connectivity index is 1.87. The molecule has 30 heavy (non-hydrogen) atoms. The number of carbonyl (C=O) groups excluding carboxylic acids is 4. The number of amides is 2. The van der Waals surface area contributed by atoms with Crippen LogP contribution in [0.3, 0.4) is 0 Å². The fraction of sp³-hybridized carbons (Fsp3) is 0.238. The molecule has 9 heteroatoms. The Labute approximate surface area is 172 Å². The number of esters is 1. The van der Waals surface area contributed by atoms with Gasteiger partial charge in [-0.15, -0.1) is 0 Å². The number of benzene rings is 2. The highest BCUT2D eigenvalue weighted by molar-refractivity contribution is 6.00. The van der Waals surface area contributed by atoms with E-state index in [1.807, 2.05) is 0 Å². The van der Waals surface area contributed by atoms with Gasteiger partial charge in [0.25, 0.3) is 5.91 Å². The molecule has 0 aliphatic rings. The lowest BCUT2D eigenvalue weighted by Gasteiger charge is -2.10. The number of para-hydroxylation sites is 1. The fourth-order valence-electron chi connectivity index (χ4n) is 2.48. The van der Waals surface area contributed by atoms with E-state index in [1.165, 1.54) is 19.1 Å². The summed E-state index contributed by atoms with van der Waals surface area (Å²) in [5.41, 5.74) is 0.166. The Morgan fingerprint density at radius 3 is 2.43 bits per heavy atom. The van der Waals surface area contributed by atoms with E-state index in [2.05, 4.69) is 10.6 Å². The molecule has 2 rings (SSSR count). The van der Waals surface area contributed by atoms with Gasteiger partial charge in [-0.3, -0.25) is 19.2 Å². The van der Waals surface area contributed by atoms with E-state index in [4.69, 9.17) is 9.47 Å². The Bertz CT molecular complexity index is 960. The van der Waals surface area contributed by atoms with Gasteiger partial charge in [-0.1, -0.05) is 12.1 Å². The Morgan fingerprint density at radius 1 is 1.03 bits per heavy atom. The molecule has 0 heterocycles. The third kappa shape index (κ3) is 6.40. The van der Waals surface area contributed by atoms with E-state index in [1.54, 1.807) is 31.2 Å². The van der Waals surface area contributed by atoms with Crippen LogP contribution in [0.2, 0.25) is 0 Å². The van der Waals surface area contributed by atoms with Crippen LogP contribution in [0.4, 0.5) is 10.1 Å². The van der Waals surface area contributed by atoms with Gasteiger partial charge >= 0.3 is 5.97 Å². The predicted molar refractivity (Wildman–Crippen MR) is 106 cm³/mol. The van der Waals surface area contributed by atoms with Crippen LogP contribution in [0, 0.1) is 5.82 Å².